The van der Waals surface area contributed by atoms with Crippen molar-refractivity contribution in [3.8, 4) is 0 Å². The maximum Gasteiger partial charge on any atom is 0.435 e. The van der Waals surface area contributed by atoms with Crippen molar-refractivity contribution in [2.24, 2.45) is 0 Å². The Balaban J connectivity index is -0.000000170. The first-order chi connectivity index (χ1) is 5.98. The summed E-state index contributed by atoms with van der Waals surface area (Å²) in [5, 5.41) is 7.00. The van der Waals surface area contributed by atoms with E-state index in [1.807, 2.05) is 0 Å². The lowest BCUT2D eigenvalue weighted by atomic mass is 10.6. The van der Waals surface area contributed by atoms with E-state index >= 15 is 0 Å². The number of rotatable bonds is 0. The molecule has 0 unspecified atom stereocenters. The third-order valence-electron chi connectivity index (χ3n) is 0.321. The van der Waals surface area contributed by atoms with Gasteiger partial charge in [0.15, 0.2) is 0 Å². The molecule has 0 aliphatic rings. The summed E-state index contributed by atoms with van der Waals surface area (Å²) in [6.07, 6.45) is -4.77. The van der Waals surface area contributed by atoms with Crippen LogP contribution in [0.25, 0.3) is 0 Å². The van der Waals surface area contributed by atoms with Gasteiger partial charge in [-0.2, -0.15) is 13.2 Å². The summed E-state index contributed by atoms with van der Waals surface area (Å²) in [6.45, 7) is 3.06. The lowest BCUT2D eigenvalue weighted by Crippen LogP contribution is -2.27. The van der Waals surface area contributed by atoms with Gasteiger partial charge in [-0.05, 0) is 13.8 Å². The molecule has 0 saturated carbocycles. The summed E-state index contributed by atoms with van der Waals surface area (Å²) in [5.41, 5.74) is 0. The average Bonchev–Trinajstić information content (AvgIpc) is 1.85. The van der Waals surface area contributed by atoms with Gasteiger partial charge in [0.1, 0.15) is 5.78 Å². The molecule has 0 amide bonds. The second-order valence-electron chi connectivity index (χ2n) is 1.90. The predicted octanol–water partition coefficient (Wildman–Crippen LogP) is 3.12. The van der Waals surface area contributed by atoms with Crippen LogP contribution in [0.5, 0.6) is 0 Å². The van der Waals surface area contributed by atoms with Crippen molar-refractivity contribution in [3.63, 3.8) is 0 Å². The van der Waals surface area contributed by atoms with Crippen LogP contribution in [0.2, 0.25) is 0 Å². The second-order valence-corrected chi connectivity index (χ2v) is 4.18. The van der Waals surface area contributed by atoms with Crippen LogP contribution in [-0.2, 0) is 4.79 Å². The molecule has 0 saturated heterocycles. The SMILES string of the molecule is CC(C)=O.CO.FC(F)(F)C(Cl)(Cl)Cl. The van der Waals surface area contributed by atoms with E-state index < -0.39 is 9.97 Å². The van der Waals surface area contributed by atoms with Gasteiger partial charge in [-0.1, -0.05) is 34.8 Å². The molecule has 14 heavy (non-hydrogen) atoms. The molecule has 0 heterocycles. The molecule has 0 fully saturated rings. The van der Waals surface area contributed by atoms with E-state index in [2.05, 4.69) is 34.8 Å². The van der Waals surface area contributed by atoms with Crippen molar-refractivity contribution in [2.45, 2.75) is 23.8 Å². The lowest BCUT2D eigenvalue weighted by molar-refractivity contribution is -0.124. The number of hydrogen-bond acceptors (Lipinski definition) is 2. The smallest absolute Gasteiger partial charge is 0.400 e. The highest BCUT2D eigenvalue weighted by atomic mass is 35.6. The predicted molar refractivity (Wildman–Crippen MR) is 50.8 cm³/mol. The van der Waals surface area contributed by atoms with Crippen LogP contribution in [0, 0.1) is 0 Å². The summed E-state index contributed by atoms with van der Waals surface area (Å²) in [4.78, 5) is 9.44. The molecule has 0 atom stereocenters. The number of carbonyl (C=O) groups excluding carboxylic acids is 1. The second kappa shape index (κ2) is 8.59. The zero-order chi connectivity index (χ0) is 12.6. The van der Waals surface area contributed by atoms with Crippen LogP contribution in [0.15, 0.2) is 0 Å². The topological polar surface area (TPSA) is 37.3 Å². The zero-order valence-electron chi connectivity index (χ0n) is 7.62. The molecule has 88 valence electrons. The molecule has 0 aromatic carbocycles. The largest absolute Gasteiger partial charge is 0.435 e. The first-order valence-electron chi connectivity index (χ1n) is 3.04. The molecule has 0 aromatic rings. The highest BCUT2D eigenvalue weighted by Crippen LogP contribution is 2.42. The van der Waals surface area contributed by atoms with Gasteiger partial charge < -0.3 is 9.90 Å². The van der Waals surface area contributed by atoms with E-state index in [9.17, 15) is 18.0 Å². The van der Waals surface area contributed by atoms with Gasteiger partial charge >= 0.3 is 6.18 Å². The molecule has 0 aromatic heterocycles. The maximum atomic E-state index is 11.2. The molecular weight excluding hydrogens is 267 g/mol. The van der Waals surface area contributed by atoms with Gasteiger partial charge in [0.05, 0.1) is 0 Å². The minimum atomic E-state index is -4.77. The number of Topliss-reactive ketones (excluding diaryl/α,β-unsaturated/α-hetero) is 1. The van der Waals surface area contributed by atoms with Crippen LogP contribution in [-0.4, -0.2) is 28.0 Å². The Hall–Kier alpha value is 0.290. The van der Waals surface area contributed by atoms with Gasteiger partial charge in [0.25, 0.3) is 3.79 Å². The number of carbonyl (C=O) groups is 1. The molecule has 0 bridgehead atoms. The Morgan fingerprint density at radius 3 is 1.14 bits per heavy atom. The van der Waals surface area contributed by atoms with Gasteiger partial charge in [0.2, 0.25) is 0 Å². The Morgan fingerprint density at radius 1 is 1.07 bits per heavy atom. The fourth-order valence-corrected chi connectivity index (χ4v) is 0. The van der Waals surface area contributed by atoms with Crippen molar-refractivity contribution in [1.82, 2.24) is 0 Å². The molecule has 0 spiro atoms. The van der Waals surface area contributed by atoms with Crippen molar-refractivity contribution < 1.29 is 23.1 Å². The Labute approximate surface area is 94.9 Å². The fourth-order valence-electron chi connectivity index (χ4n) is 0. The lowest BCUT2D eigenvalue weighted by Gasteiger charge is -2.13. The van der Waals surface area contributed by atoms with Crippen molar-refractivity contribution in [1.29, 1.82) is 0 Å². The number of hydrogen-bond donors (Lipinski definition) is 1. The zero-order valence-corrected chi connectivity index (χ0v) is 9.89. The first-order valence-corrected chi connectivity index (χ1v) is 4.17. The Kier molecular flexibility index (Phi) is 12.1. The first kappa shape index (κ1) is 19.8. The maximum absolute atomic E-state index is 11.2. The third-order valence-corrected chi connectivity index (χ3v) is 0.964. The molecule has 1 N–H and O–H groups in total. The van der Waals surface area contributed by atoms with Gasteiger partial charge in [0, 0.05) is 7.11 Å². The van der Waals surface area contributed by atoms with E-state index in [0.29, 0.717) is 0 Å². The summed E-state index contributed by atoms with van der Waals surface area (Å²) in [6, 6.07) is 0. The monoisotopic (exact) mass is 276 g/mol. The van der Waals surface area contributed by atoms with E-state index in [1.165, 1.54) is 13.8 Å². The third kappa shape index (κ3) is 18.2. The van der Waals surface area contributed by atoms with Crippen LogP contribution in [0.4, 0.5) is 13.2 Å². The molecule has 0 rings (SSSR count). The Morgan fingerprint density at radius 2 is 1.14 bits per heavy atom. The van der Waals surface area contributed by atoms with E-state index in [0.717, 1.165) is 7.11 Å². The van der Waals surface area contributed by atoms with Crippen molar-refractivity contribution >= 4 is 40.6 Å². The van der Waals surface area contributed by atoms with Crippen molar-refractivity contribution in [3.05, 3.63) is 0 Å². The van der Waals surface area contributed by atoms with Gasteiger partial charge in [-0.15, -0.1) is 0 Å². The van der Waals surface area contributed by atoms with Crippen LogP contribution < -0.4 is 0 Å². The number of aliphatic hydroxyl groups is 1. The van der Waals surface area contributed by atoms with Crippen LogP contribution >= 0.6 is 34.8 Å². The summed E-state index contributed by atoms with van der Waals surface area (Å²) >= 11 is 13.2. The summed E-state index contributed by atoms with van der Waals surface area (Å²) in [7, 11) is 1.00. The summed E-state index contributed by atoms with van der Waals surface area (Å²) in [5.74, 6) is 0.167. The van der Waals surface area contributed by atoms with Crippen LogP contribution in [0.3, 0.4) is 0 Å². The molecular formula is C6H10Cl3F3O2. The minimum Gasteiger partial charge on any atom is -0.400 e. The van der Waals surface area contributed by atoms with E-state index in [4.69, 9.17) is 5.11 Å². The number of alkyl halides is 6. The number of ketones is 1. The quantitative estimate of drug-likeness (QED) is 0.691. The number of aliphatic hydroxyl groups excluding tert-OH is 1. The molecule has 0 aliphatic carbocycles. The minimum absolute atomic E-state index is 0.167. The molecule has 0 radical (unpaired) electrons. The van der Waals surface area contributed by atoms with E-state index in [-0.39, 0.29) is 5.78 Å². The fraction of sp³-hybridized carbons (Fsp3) is 0.833. The molecule has 2 nitrogen and oxygen atoms in total. The molecule has 0 aliphatic heterocycles. The number of halogens is 6. The highest BCUT2D eigenvalue weighted by molar-refractivity contribution is 6.68. The van der Waals surface area contributed by atoms with Gasteiger partial charge in [-0.3, -0.25) is 0 Å². The standard InChI is InChI=1S/C3H6O.C2Cl3F3.CH4O/c1-3(2)4;3-1(4,5)2(6,7)8;1-2/h1-2H3;;2H,1H3. The summed E-state index contributed by atoms with van der Waals surface area (Å²) < 4.78 is 30.4. The average molecular weight is 277 g/mol. The molecule has 8 heteroatoms. The van der Waals surface area contributed by atoms with Gasteiger partial charge in [-0.25, -0.2) is 0 Å². The normalized spacial score (nSPS) is 10.4. The Bertz CT molecular complexity index is 137. The van der Waals surface area contributed by atoms with Crippen molar-refractivity contribution in [2.75, 3.05) is 7.11 Å². The highest BCUT2D eigenvalue weighted by Gasteiger charge is 2.51. The van der Waals surface area contributed by atoms with E-state index in [1.54, 1.807) is 0 Å². The van der Waals surface area contributed by atoms with Crippen LogP contribution in [0.1, 0.15) is 13.8 Å².